The first-order chi connectivity index (χ1) is 9.12. The number of methoxy groups -OCH3 is 2. The first-order valence-corrected chi connectivity index (χ1v) is 5.94. The van der Waals surface area contributed by atoms with Crippen LogP contribution in [-0.4, -0.2) is 44.9 Å². The van der Waals surface area contributed by atoms with Crippen molar-refractivity contribution in [1.29, 1.82) is 0 Å². The summed E-state index contributed by atoms with van der Waals surface area (Å²) in [6.07, 6.45) is 0. The number of carbonyl (C=O) groups is 1. The monoisotopic (exact) mass is 268 g/mol. The van der Waals surface area contributed by atoms with Crippen LogP contribution in [0.2, 0.25) is 0 Å². The summed E-state index contributed by atoms with van der Waals surface area (Å²) in [5.41, 5.74) is 0.919. The van der Waals surface area contributed by atoms with Crippen molar-refractivity contribution in [2.45, 2.75) is 12.6 Å². The molecule has 6 nitrogen and oxygen atoms in total. The minimum Gasteiger partial charge on any atom is -0.497 e. The van der Waals surface area contributed by atoms with E-state index in [9.17, 15) is 4.79 Å². The number of benzene rings is 1. The molecule has 1 unspecified atom stereocenters. The summed E-state index contributed by atoms with van der Waals surface area (Å²) in [6, 6.07) is 4.89. The Kier molecular flexibility index (Phi) is 6.11. The van der Waals surface area contributed by atoms with Gasteiger partial charge >= 0.3 is 5.97 Å². The highest BCUT2D eigenvalue weighted by Gasteiger charge is 2.14. The third-order valence-corrected chi connectivity index (χ3v) is 2.80. The summed E-state index contributed by atoms with van der Waals surface area (Å²) in [7, 11) is 4.81. The van der Waals surface area contributed by atoms with Crippen molar-refractivity contribution in [3.8, 4) is 11.5 Å². The van der Waals surface area contributed by atoms with Crippen molar-refractivity contribution in [3.63, 3.8) is 0 Å². The number of rotatable bonds is 8. The molecule has 0 spiro atoms. The van der Waals surface area contributed by atoms with Crippen molar-refractivity contribution < 1.29 is 19.4 Å². The molecule has 0 aliphatic carbocycles. The largest absolute Gasteiger partial charge is 0.497 e. The van der Waals surface area contributed by atoms with Gasteiger partial charge in [-0.05, 0) is 25.2 Å². The van der Waals surface area contributed by atoms with Crippen LogP contribution in [0.1, 0.15) is 5.56 Å². The average molecular weight is 268 g/mol. The zero-order valence-corrected chi connectivity index (χ0v) is 11.4. The summed E-state index contributed by atoms with van der Waals surface area (Å²) < 4.78 is 10.4. The summed E-state index contributed by atoms with van der Waals surface area (Å²) in [6.45, 7) is 0.831. The highest BCUT2D eigenvalue weighted by molar-refractivity contribution is 5.73. The SMILES string of the molecule is CNC(CNCc1cc(OC)ccc1OC)C(=O)O. The van der Waals surface area contributed by atoms with E-state index in [1.807, 2.05) is 18.2 Å². The van der Waals surface area contributed by atoms with Gasteiger partial charge in [-0.15, -0.1) is 0 Å². The molecule has 0 saturated heterocycles. The Morgan fingerprint density at radius 2 is 2.11 bits per heavy atom. The molecule has 0 saturated carbocycles. The van der Waals surface area contributed by atoms with Gasteiger partial charge in [0.15, 0.2) is 0 Å². The molecule has 1 atom stereocenters. The lowest BCUT2D eigenvalue weighted by Gasteiger charge is -2.14. The van der Waals surface area contributed by atoms with E-state index in [-0.39, 0.29) is 0 Å². The van der Waals surface area contributed by atoms with E-state index in [1.54, 1.807) is 21.3 Å². The van der Waals surface area contributed by atoms with Crippen molar-refractivity contribution >= 4 is 5.97 Å². The molecule has 6 heteroatoms. The van der Waals surface area contributed by atoms with Gasteiger partial charge in [0.05, 0.1) is 14.2 Å². The molecule has 1 aromatic carbocycles. The molecule has 0 fully saturated rings. The quantitative estimate of drug-likeness (QED) is 0.636. The lowest BCUT2D eigenvalue weighted by Crippen LogP contribution is -2.42. The molecule has 19 heavy (non-hydrogen) atoms. The third kappa shape index (κ3) is 4.42. The van der Waals surface area contributed by atoms with Crippen LogP contribution in [0.3, 0.4) is 0 Å². The van der Waals surface area contributed by atoms with Crippen LogP contribution in [0.4, 0.5) is 0 Å². The molecule has 0 heterocycles. The van der Waals surface area contributed by atoms with E-state index in [1.165, 1.54) is 0 Å². The molecule has 0 aromatic heterocycles. The lowest BCUT2D eigenvalue weighted by atomic mass is 10.2. The fourth-order valence-corrected chi connectivity index (χ4v) is 1.68. The number of hydrogen-bond acceptors (Lipinski definition) is 5. The van der Waals surface area contributed by atoms with Gasteiger partial charge in [-0.1, -0.05) is 0 Å². The zero-order chi connectivity index (χ0) is 14.3. The van der Waals surface area contributed by atoms with Crippen LogP contribution in [0.25, 0.3) is 0 Å². The summed E-state index contributed by atoms with van der Waals surface area (Å²) >= 11 is 0. The first-order valence-electron chi connectivity index (χ1n) is 5.94. The molecule has 106 valence electrons. The first kappa shape index (κ1) is 15.3. The summed E-state index contributed by atoms with van der Waals surface area (Å²) in [5, 5.41) is 14.7. The molecular formula is C13H20N2O4. The van der Waals surface area contributed by atoms with E-state index in [0.29, 0.717) is 13.1 Å². The van der Waals surface area contributed by atoms with Gasteiger partial charge in [-0.3, -0.25) is 4.79 Å². The summed E-state index contributed by atoms with van der Waals surface area (Å²) in [5.74, 6) is 0.596. The molecule has 1 aromatic rings. The Bertz CT molecular complexity index is 423. The minimum absolute atomic E-state index is 0.326. The third-order valence-electron chi connectivity index (χ3n) is 2.80. The molecule has 0 bridgehead atoms. The molecule has 1 rings (SSSR count). The van der Waals surface area contributed by atoms with E-state index in [2.05, 4.69) is 10.6 Å². The van der Waals surface area contributed by atoms with Crippen LogP contribution in [-0.2, 0) is 11.3 Å². The number of carboxylic acid groups (broad SMARTS) is 1. The van der Waals surface area contributed by atoms with Crippen molar-refractivity contribution in [3.05, 3.63) is 23.8 Å². The van der Waals surface area contributed by atoms with E-state index < -0.39 is 12.0 Å². The second-order valence-electron chi connectivity index (χ2n) is 3.99. The maximum Gasteiger partial charge on any atom is 0.322 e. The maximum absolute atomic E-state index is 10.8. The Morgan fingerprint density at radius 1 is 1.37 bits per heavy atom. The van der Waals surface area contributed by atoms with E-state index in [4.69, 9.17) is 14.6 Å². The lowest BCUT2D eigenvalue weighted by molar-refractivity contribution is -0.139. The van der Waals surface area contributed by atoms with Gasteiger partial charge in [0, 0.05) is 18.7 Å². The van der Waals surface area contributed by atoms with Crippen LogP contribution in [0.15, 0.2) is 18.2 Å². The molecule has 0 aliphatic heterocycles. The number of nitrogens with one attached hydrogen (secondary N) is 2. The number of carboxylic acids is 1. The van der Waals surface area contributed by atoms with Gasteiger partial charge in [-0.2, -0.15) is 0 Å². The van der Waals surface area contributed by atoms with Gasteiger partial charge in [0.25, 0.3) is 0 Å². The zero-order valence-electron chi connectivity index (χ0n) is 11.4. The highest BCUT2D eigenvalue weighted by Crippen LogP contribution is 2.23. The maximum atomic E-state index is 10.8. The number of aliphatic carboxylic acids is 1. The van der Waals surface area contributed by atoms with E-state index in [0.717, 1.165) is 17.1 Å². The van der Waals surface area contributed by atoms with Crippen LogP contribution in [0, 0.1) is 0 Å². The Hall–Kier alpha value is -1.79. The Labute approximate surface area is 112 Å². The van der Waals surface area contributed by atoms with Crippen molar-refractivity contribution in [2.24, 2.45) is 0 Å². The van der Waals surface area contributed by atoms with Crippen LogP contribution in [0.5, 0.6) is 11.5 Å². The second kappa shape index (κ2) is 7.60. The van der Waals surface area contributed by atoms with E-state index >= 15 is 0 Å². The van der Waals surface area contributed by atoms with Gasteiger partial charge in [0.1, 0.15) is 17.5 Å². The standard InChI is InChI=1S/C13H20N2O4/c1-14-11(13(16)17)8-15-7-9-6-10(18-2)4-5-12(9)19-3/h4-6,11,14-15H,7-8H2,1-3H3,(H,16,17). The van der Waals surface area contributed by atoms with Gasteiger partial charge in [0.2, 0.25) is 0 Å². The topological polar surface area (TPSA) is 79.8 Å². The number of ether oxygens (including phenoxy) is 2. The van der Waals surface area contributed by atoms with Gasteiger partial charge in [-0.25, -0.2) is 0 Å². The summed E-state index contributed by atoms with van der Waals surface area (Å²) in [4.78, 5) is 10.8. The van der Waals surface area contributed by atoms with Crippen LogP contribution < -0.4 is 20.1 Å². The van der Waals surface area contributed by atoms with Crippen molar-refractivity contribution in [1.82, 2.24) is 10.6 Å². The van der Waals surface area contributed by atoms with Gasteiger partial charge < -0.3 is 25.2 Å². The predicted molar refractivity (Wildman–Crippen MR) is 71.7 cm³/mol. The molecule has 3 N–H and O–H groups in total. The minimum atomic E-state index is -0.882. The molecular weight excluding hydrogens is 248 g/mol. The fraction of sp³-hybridized carbons (Fsp3) is 0.462. The highest BCUT2D eigenvalue weighted by atomic mass is 16.5. The molecule has 0 radical (unpaired) electrons. The molecule has 0 amide bonds. The Balaban J connectivity index is 2.63. The normalized spacial score (nSPS) is 11.9. The predicted octanol–water partition coefficient (Wildman–Crippen LogP) is 0.466. The smallest absolute Gasteiger partial charge is 0.322 e. The number of likely N-dealkylation sites (N-methyl/N-ethyl adjacent to an activating group) is 1. The van der Waals surface area contributed by atoms with Crippen molar-refractivity contribution in [2.75, 3.05) is 27.8 Å². The second-order valence-corrected chi connectivity index (χ2v) is 3.99. The average Bonchev–Trinajstić information content (AvgIpc) is 2.42. The Morgan fingerprint density at radius 3 is 2.63 bits per heavy atom. The molecule has 0 aliphatic rings. The fourth-order valence-electron chi connectivity index (χ4n) is 1.68. The number of hydrogen-bond donors (Lipinski definition) is 3. The van der Waals surface area contributed by atoms with Crippen LogP contribution >= 0.6 is 0 Å².